The van der Waals surface area contributed by atoms with Gasteiger partial charge in [0.2, 0.25) is 0 Å². The molecule has 66 heavy (non-hydrogen) atoms. The van der Waals surface area contributed by atoms with E-state index in [2.05, 4.69) is 41.8 Å². The highest BCUT2D eigenvalue weighted by Crippen LogP contribution is 2.49. The summed E-state index contributed by atoms with van der Waals surface area (Å²) in [5.74, 6) is -1.29. The van der Waals surface area contributed by atoms with E-state index in [-0.39, 0.29) is 18.9 Å². The molecule has 0 heterocycles. The van der Waals surface area contributed by atoms with E-state index >= 15 is 0 Å². The molecule has 0 radical (unpaired) electrons. The molecular weight excluding hydrogens is 898 g/mol. The van der Waals surface area contributed by atoms with Crippen molar-refractivity contribution < 1.29 is 82.0 Å². The lowest BCUT2D eigenvalue weighted by Gasteiger charge is -2.43. The van der Waals surface area contributed by atoms with E-state index in [1.807, 2.05) is 25.2 Å². The van der Waals surface area contributed by atoms with Gasteiger partial charge >= 0.3 is 27.6 Å². The zero-order valence-electron chi connectivity index (χ0n) is 39.5. The van der Waals surface area contributed by atoms with Gasteiger partial charge in [0, 0.05) is 12.8 Å². The zero-order valence-corrected chi connectivity index (χ0v) is 41.3. The highest BCUT2D eigenvalue weighted by atomic mass is 31.2. The molecule has 1 aliphatic carbocycles. The maximum Gasteiger partial charge on any atom is 0.472 e. The fourth-order valence-electron chi connectivity index (χ4n) is 7.12. The minimum absolute atomic E-state index is 0.0445. The van der Waals surface area contributed by atoms with Crippen LogP contribution in [-0.2, 0) is 41.8 Å². The van der Waals surface area contributed by atoms with E-state index in [9.17, 15) is 58.9 Å². The summed E-state index contributed by atoms with van der Waals surface area (Å²) in [6.07, 6.45) is 24.4. The second-order valence-corrected chi connectivity index (χ2v) is 19.6. The topological polar surface area (TPSA) is 276 Å². The first-order valence-corrected chi connectivity index (χ1v) is 27.3. The molecule has 1 fully saturated rings. The number of allylic oxidation sites excluding steroid dienone is 8. The van der Waals surface area contributed by atoms with Crippen LogP contribution in [0.3, 0.4) is 0 Å². The van der Waals surface area contributed by atoms with Crippen LogP contribution in [0.15, 0.2) is 48.6 Å². The highest BCUT2D eigenvalue weighted by molar-refractivity contribution is 7.47. The van der Waals surface area contributed by atoms with Crippen molar-refractivity contribution in [3.05, 3.63) is 48.6 Å². The molecule has 1 aliphatic rings. The predicted molar refractivity (Wildman–Crippen MR) is 252 cm³/mol. The van der Waals surface area contributed by atoms with Crippen molar-refractivity contribution in [3.63, 3.8) is 0 Å². The van der Waals surface area contributed by atoms with Gasteiger partial charge in [0.25, 0.3) is 0 Å². The first-order chi connectivity index (χ1) is 31.5. The first-order valence-electron chi connectivity index (χ1n) is 24.3. The van der Waals surface area contributed by atoms with Crippen LogP contribution in [-0.4, -0.2) is 114 Å². The fourth-order valence-corrected chi connectivity index (χ4v) is 8.66. The second-order valence-electron chi connectivity index (χ2n) is 17.0. The molecule has 0 spiro atoms. The molecule has 0 saturated heterocycles. The summed E-state index contributed by atoms with van der Waals surface area (Å²) in [6.45, 7) is 2.79. The number of aliphatic hydroxyl groups is 5. The number of unbranched alkanes of at least 4 members (excludes halogenated alkanes) is 15. The molecule has 0 bridgehead atoms. The second kappa shape index (κ2) is 37.8. The van der Waals surface area contributed by atoms with Crippen LogP contribution in [0.25, 0.3) is 0 Å². The van der Waals surface area contributed by atoms with Gasteiger partial charge < -0.3 is 49.7 Å². The number of aliphatic hydroxyl groups excluding tert-OH is 5. The summed E-state index contributed by atoms with van der Waals surface area (Å²) in [5.41, 5.74) is 0. The minimum Gasteiger partial charge on any atom is -0.462 e. The van der Waals surface area contributed by atoms with E-state index in [1.165, 1.54) is 64.2 Å². The van der Waals surface area contributed by atoms with Crippen molar-refractivity contribution in [2.24, 2.45) is 0 Å². The van der Waals surface area contributed by atoms with Crippen molar-refractivity contribution in [1.29, 1.82) is 0 Å². The lowest BCUT2D eigenvalue weighted by molar-refractivity contribution is -0.216. The predicted octanol–water partition coefficient (Wildman–Crippen LogP) is 8.26. The average molecular weight is 983 g/mol. The molecule has 17 nitrogen and oxygen atoms in total. The van der Waals surface area contributed by atoms with Crippen molar-refractivity contribution in [3.8, 4) is 0 Å². The third-order valence-corrected chi connectivity index (χ3v) is 12.6. The standard InChI is InChI=1S/C47H84O17P2/c1-3-5-6-7-8-9-10-11-12-16-19-22-25-28-31-34-40(49)60-36-39(37-61-66(58,59)64-47-44(53)42(51)43(52)46(45(47)54)63-65(55,56)57)62-41(50)35-32-29-26-23-20-17-14-13-15-18-21-24-27-30-33-38(48)4-2/h14-15,17-18,23-24,26-27,38-39,42-48,51-54H,3-13,16,19-22,25,28-37H2,1-2H3,(H,58,59)(H2,55,56,57)/b17-14-,18-15-,26-23-,27-24-/t38-,39-,42?,43?,44?,45?,46-,47+/m1/s1. The van der Waals surface area contributed by atoms with Crippen molar-refractivity contribution in [2.75, 3.05) is 13.2 Å². The molecular formula is C47H84O17P2. The minimum atomic E-state index is -5.37. The summed E-state index contributed by atoms with van der Waals surface area (Å²) < 4.78 is 49.3. The van der Waals surface area contributed by atoms with Crippen LogP contribution >= 0.6 is 15.6 Å². The maximum atomic E-state index is 13.0. The third kappa shape index (κ3) is 31.9. The zero-order chi connectivity index (χ0) is 49.1. The number of carbonyl (C=O) groups excluding carboxylic acids is 2. The van der Waals surface area contributed by atoms with E-state index in [0.29, 0.717) is 25.7 Å². The molecule has 0 aromatic carbocycles. The number of carbonyl (C=O) groups is 2. The van der Waals surface area contributed by atoms with Gasteiger partial charge in [-0.15, -0.1) is 0 Å². The fraction of sp³-hybridized carbons (Fsp3) is 0.787. The summed E-state index contributed by atoms with van der Waals surface area (Å²) in [4.78, 5) is 54.3. The van der Waals surface area contributed by atoms with Crippen LogP contribution in [0.4, 0.5) is 0 Å². The summed E-state index contributed by atoms with van der Waals surface area (Å²) in [5, 5.41) is 50.8. The summed E-state index contributed by atoms with van der Waals surface area (Å²) in [6, 6.07) is 0. The molecule has 1 rings (SSSR count). The summed E-state index contributed by atoms with van der Waals surface area (Å²) >= 11 is 0. The van der Waals surface area contributed by atoms with E-state index in [1.54, 1.807) is 0 Å². The molecule has 0 aliphatic heterocycles. The highest BCUT2D eigenvalue weighted by Gasteiger charge is 2.54. The van der Waals surface area contributed by atoms with Crippen LogP contribution in [0.2, 0.25) is 0 Å². The molecule has 9 atom stereocenters. The Morgan fingerprint density at radius 3 is 1.50 bits per heavy atom. The smallest absolute Gasteiger partial charge is 0.462 e. The Labute approximate surface area is 393 Å². The number of hydrogen-bond acceptors (Lipinski definition) is 14. The van der Waals surface area contributed by atoms with Crippen LogP contribution < -0.4 is 0 Å². The van der Waals surface area contributed by atoms with Gasteiger partial charge in [-0.3, -0.25) is 23.2 Å². The Hall–Kier alpha value is -2.08. The third-order valence-electron chi connectivity index (χ3n) is 11.1. The van der Waals surface area contributed by atoms with E-state index < -0.39 is 83.5 Å². The number of rotatable bonds is 40. The lowest BCUT2D eigenvalue weighted by atomic mass is 9.85. The summed E-state index contributed by atoms with van der Waals surface area (Å²) in [7, 11) is -10.7. The van der Waals surface area contributed by atoms with Crippen LogP contribution in [0.1, 0.15) is 174 Å². The number of phosphoric acid groups is 2. The lowest BCUT2D eigenvalue weighted by Crippen LogP contribution is -2.64. The van der Waals surface area contributed by atoms with E-state index in [4.69, 9.17) is 18.5 Å². The average Bonchev–Trinajstić information content (AvgIpc) is 3.27. The normalized spacial score (nSPS) is 22.4. The number of hydrogen-bond donors (Lipinski definition) is 8. The number of phosphoric ester groups is 2. The monoisotopic (exact) mass is 983 g/mol. The first kappa shape index (κ1) is 61.9. The quantitative estimate of drug-likeness (QED) is 0.0124. The Balaban J connectivity index is 2.62. The van der Waals surface area contributed by atoms with Gasteiger partial charge in [0.1, 0.15) is 43.2 Å². The number of ether oxygens (including phenoxy) is 2. The van der Waals surface area contributed by atoms with Crippen molar-refractivity contribution >= 4 is 27.6 Å². The maximum absolute atomic E-state index is 13.0. The van der Waals surface area contributed by atoms with Gasteiger partial charge in [-0.2, -0.15) is 0 Å². The Kier molecular flexibility index (Phi) is 35.4. The molecule has 384 valence electrons. The van der Waals surface area contributed by atoms with Crippen molar-refractivity contribution in [1.82, 2.24) is 0 Å². The Bertz CT molecular complexity index is 1480. The van der Waals surface area contributed by atoms with Gasteiger partial charge in [-0.25, -0.2) is 9.13 Å². The van der Waals surface area contributed by atoms with Gasteiger partial charge in [0.05, 0.1) is 12.7 Å². The van der Waals surface area contributed by atoms with Crippen molar-refractivity contribution in [2.45, 2.75) is 223 Å². The molecule has 0 amide bonds. The molecule has 5 unspecified atom stereocenters. The number of esters is 2. The Morgan fingerprint density at radius 2 is 1.00 bits per heavy atom. The Morgan fingerprint density at radius 1 is 0.545 bits per heavy atom. The van der Waals surface area contributed by atoms with Gasteiger partial charge in [0.15, 0.2) is 6.10 Å². The molecule has 19 heteroatoms. The molecule has 0 aromatic heterocycles. The molecule has 1 saturated carbocycles. The van der Waals surface area contributed by atoms with Gasteiger partial charge in [-0.05, 0) is 57.8 Å². The molecule has 8 N–H and O–H groups in total. The largest absolute Gasteiger partial charge is 0.472 e. The van der Waals surface area contributed by atoms with Gasteiger partial charge in [-0.1, -0.05) is 152 Å². The van der Waals surface area contributed by atoms with Crippen LogP contribution in [0.5, 0.6) is 0 Å². The van der Waals surface area contributed by atoms with E-state index in [0.717, 1.165) is 57.8 Å². The van der Waals surface area contributed by atoms with Crippen LogP contribution in [0, 0.1) is 0 Å². The SMILES string of the molecule is CCCCCCCCCCCCCCCCCC(=O)OC[C@H](COP(=O)(O)O[C@H]1C(O)C(O)C(O)[C@@H](OP(=O)(O)O)C1O)OC(=O)CCC/C=C\C/C=C\C/C=C\C/C=C\CC[C@H](O)CC. The molecule has 0 aromatic rings.